The van der Waals surface area contributed by atoms with Crippen LogP contribution in [0.5, 0.6) is 0 Å². The fourth-order valence-corrected chi connectivity index (χ4v) is 1.90. The molecule has 2 nitrogen and oxygen atoms in total. The number of aliphatic hydroxyl groups is 1. The third kappa shape index (κ3) is 2.46. The van der Waals surface area contributed by atoms with Crippen molar-refractivity contribution < 1.29 is 5.11 Å². The van der Waals surface area contributed by atoms with E-state index in [4.69, 9.17) is 0 Å². The fraction of sp³-hybridized carbons (Fsp3) is 1.00. The Balaban J connectivity index is 2.40. The molecule has 0 spiro atoms. The van der Waals surface area contributed by atoms with E-state index in [0.717, 1.165) is 6.54 Å². The molecular formula is C10H21NO. The van der Waals surface area contributed by atoms with Gasteiger partial charge in [0.25, 0.3) is 0 Å². The Morgan fingerprint density at radius 1 is 1.33 bits per heavy atom. The van der Waals surface area contributed by atoms with Crippen LogP contribution in [0.4, 0.5) is 0 Å². The van der Waals surface area contributed by atoms with Gasteiger partial charge in [0.2, 0.25) is 0 Å². The molecule has 0 amide bonds. The summed E-state index contributed by atoms with van der Waals surface area (Å²) < 4.78 is 0. The van der Waals surface area contributed by atoms with Gasteiger partial charge in [0.15, 0.2) is 0 Å². The predicted octanol–water partition coefficient (Wildman–Crippen LogP) is 1.49. The maximum absolute atomic E-state index is 9.45. The SMILES string of the molecule is CC(O)C1CCCN(C(C)C)C1. The van der Waals surface area contributed by atoms with E-state index in [9.17, 15) is 5.11 Å². The van der Waals surface area contributed by atoms with Crippen molar-refractivity contribution in [3.05, 3.63) is 0 Å². The highest BCUT2D eigenvalue weighted by Gasteiger charge is 2.24. The van der Waals surface area contributed by atoms with E-state index in [-0.39, 0.29) is 6.10 Å². The van der Waals surface area contributed by atoms with Crippen LogP contribution in [0.25, 0.3) is 0 Å². The number of hydrogen-bond acceptors (Lipinski definition) is 2. The smallest absolute Gasteiger partial charge is 0.0552 e. The molecule has 1 heterocycles. The van der Waals surface area contributed by atoms with Gasteiger partial charge in [-0.25, -0.2) is 0 Å². The Kier molecular flexibility index (Phi) is 3.53. The van der Waals surface area contributed by atoms with Crippen LogP contribution in [0.3, 0.4) is 0 Å². The summed E-state index contributed by atoms with van der Waals surface area (Å²) in [4.78, 5) is 2.46. The van der Waals surface area contributed by atoms with Crippen molar-refractivity contribution >= 4 is 0 Å². The second kappa shape index (κ2) is 4.24. The standard InChI is InChI=1S/C10H21NO/c1-8(2)11-6-4-5-10(7-11)9(3)12/h8-10,12H,4-7H2,1-3H3. The minimum absolute atomic E-state index is 0.133. The quantitative estimate of drug-likeness (QED) is 0.680. The first-order chi connectivity index (χ1) is 5.61. The predicted molar refractivity (Wildman–Crippen MR) is 51.1 cm³/mol. The molecule has 1 fully saturated rings. The van der Waals surface area contributed by atoms with Crippen LogP contribution in [0.15, 0.2) is 0 Å². The molecule has 1 N–H and O–H groups in total. The summed E-state index contributed by atoms with van der Waals surface area (Å²) in [6, 6.07) is 0.631. The highest BCUT2D eigenvalue weighted by atomic mass is 16.3. The molecule has 2 heteroatoms. The van der Waals surface area contributed by atoms with E-state index in [0.29, 0.717) is 12.0 Å². The maximum Gasteiger partial charge on any atom is 0.0552 e. The number of aliphatic hydroxyl groups excluding tert-OH is 1. The monoisotopic (exact) mass is 171 g/mol. The van der Waals surface area contributed by atoms with Gasteiger partial charge in [0, 0.05) is 12.6 Å². The average Bonchev–Trinajstić information content (AvgIpc) is 2.04. The summed E-state index contributed by atoms with van der Waals surface area (Å²) in [5, 5.41) is 9.45. The van der Waals surface area contributed by atoms with Gasteiger partial charge < -0.3 is 10.0 Å². The first-order valence-corrected chi connectivity index (χ1v) is 5.03. The van der Waals surface area contributed by atoms with Crippen LogP contribution in [0, 0.1) is 5.92 Å². The second-order valence-electron chi connectivity index (χ2n) is 4.23. The lowest BCUT2D eigenvalue weighted by Gasteiger charge is -2.36. The molecule has 2 unspecified atom stereocenters. The lowest BCUT2D eigenvalue weighted by atomic mass is 9.93. The zero-order valence-corrected chi connectivity index (χ0v) is 8.45. The Labute approximate surface area is 75.6 Å². The van der Waals surface area contributed by atoms with Gasteiger partial charge in [-0.2, -0.15) is 0 Å². The largest absolute Gasteiger partial charge is 0.393 e. The molecule has 2 atom stereocenters. The average molecular weight is 171 g/mol. The molecule has 0 saturated carbocycles. The molecule has 1 aliphatic rings. The van der Waals surface area contributed by atoms with Gasteiger partial charge in [-0.3, -0.25) is 0 Å². The summed E-state index contributed by atoms with van der Waals surface area (Å²) in [5.41, 5.74) is 0. The summed E-state index contributed by atoms with van der Waals surface area (Å²) in [6.07, 6.45) is 2.31. The summed E-state index contributed by atoms with van der Waals surface area (Å²) in [7, 11) is 0. The Morgan fingerprint density at radius 3 is 2.50 bits per heavy atom. The lowest BCUT2D eigenvalue weighted by molar-refractivity contribution is 0.0507. The summed E-state index contributed by atoms with van der Waals surface area (Å²) >= 11 is 0. The molecule has 1 rings (SSSR count). The van der Waals surface area contributed by atoms with Crippen LogP contribution in [-0.2, 0) is 0 Å². The van der Waals surface area contributed by atoms with Crippen molar-refractivity contribution in [3.63, 3.8) is 0 Å². The minimum Gasteiger partial charge on any atom is -0.393 e. The Hall–Kier alpha value is -0.0800. The molecule has 0 radical (unpaired) electrons. The molecule has 0 aromatic heterocycles. The zero-order valence-electron chi connectivity index (χ0n) is 8.45. The first kappa shape index (κ1) is 10.0. The fourth-order valence-electron chi connectivity index (χ4n) is 1.90. The number of likely N-dealkylation sites (tertiary alicyclic amines) is 1. The number of piperidine rings is 1. The van der Waals surface area contributed by atoms with E-state index in [1.54, 1.807) is 0 Å². The van der Waals surface area contributed by atoms with Crippen LogP contribution < -0.4 is 0 Å². The van der Waals surface area contributed by atoms with Crippen molar-refractivity contribution in [1.82, 2.24) is 4.90 Å². The molecule has 0 aromatic carbocycles. The van der Waals surface area contributed by atoms with E-state index >= 15 is 0 Å². The molecule has 0 bridgehead atoms. The maximum atomic E-state index is 9.45. The Bertz CT molecular complexity index is 120. The third-order valence-corrected chi connectivity index (χ3v) is 2.90. The van der Waals surface area contributed by atoms with Gasteiger partial charge >= 0.3 is 0 Å². The summed E-state index contributed by atoms with van der Waals surface area (Å²) in [6.45, 7) is 8.65. The highest BCUT2D eigenvalue weighted by Crippen LogP contribution is 2.20. The summed E-state index contributed by atoms with van der Waals surface area (Å²) in [5.74, 6) is 0.501. The molecule has 72 valence electrons. The Morgan fingerprint density at radius 2 is 2.00 bits per heavy atom. The van der Waals surface area contributed by atoms with Gasteiger partial charge in [0.1, 0.15) is 0 Å². The molecular weight excluding hydrogens is 150 g/mol. The number of nitrogens with zero attached hydrogens (tertiary/aromatic N) is 1. The van der Waals surface area contributed by atoms with Gasteiger partial charge in [-0.1, -0.05) is 0 Å². The van der Waals surface area contributed by atoms with Crippen molar-refractivity contribution in [2.75, 3.05) is 13.1 Å². The van der Waals surface area contributed by atoms with Crippen LogP contribution >= 0.6 is 0 Å². The van der Waals surface area contributed by atoms with Crippen molar-refractivity contribution in [3.8, 4) is 0 Å². The highest BCUT2D eigenvalue weighted by molar-refractivity contribution is 4.77. The van der Waals surface area contributed by atoms with Crippen LogP contribution in [-0.4, -0.2) is 35.2 Å². The van der Waals surface area contributed by atoms with Gasteiger partial charge in [-0.15, -0.1) is 0 Å². The van der Waals surface area contributed by atoms with Crippen molar-refractivity contribution in [2.45, 2.75) is 45.8 Å². The van der Waals surface area contributed by atoms with Gasteiger partial charge in [-0.05, 0) is 46.1 Å². The second-order valence-corrected chi connectivity index (χ2v) is 4.23. The first-order valence-electron chi connectivity index (χ1n) is 5.03. The zero-order chi connectivity index (χ0) is 9.14. The van der Waals surface area contributed by atoms with Crippen LogP contribution in [0.2, 0.25) is 0 Å². The van der Waals surface area contributed by atoms with E-state index in [1.165, 1.54) is 19.4 Å². The molecule has 0 aliphatic carbocycles. The lowest BCUT2D eigenvalue weighted by Crippen LogP contribution is -2.42. The number of rotatable bonds is 2. The van der Waals surface area contributed by atoms with E-state index < -0.39 is 0 Å². The van der Waals surface area contributed by atoms with Crippen molar-refractivity contribution in [1.29, 1.82) is 0 Å². The van der Waals surface area contributed by atoms with E-state index in [1.807, 2.05) is 6.92 Å². The topological polar surface area (TPSA) is 23.5 Å². The third-order valence-electron chi connectivity index (χ3n) is 2.90. The molecule has 12 heavy (non-hydrogen) atoms. The van der Waals surface area contributed by atoms with Crippen LogP contribution in [0.1, 0.15) is 33.6 Å². The number of hydrogen-bond donors (Lipinski definition) is 1. The molecule has 0 aromatic rings. The normalized spacial score (nSPS) is 29.2. The van der Waals surface area contributed by atoms with Gasteiger partial charge in [0.05, 0.1) is 6.10 Å². The minimum atomic E-state index is -0.133. The van der Waals surface area contributed by atoms with E-state index in [2.05, 4.69) is 18.7 Å². The molecule has 1 saturated heterocycles. The molecule has 1 aliphatic heterocycles. The van der Waals surface area contributed by atoms with Crippen molar-refractivity contribution in [2.24, 2.45) is 5.92 Å².